The Morgan fingerprint density at radius 3 is 2.81 bits per heavy atom. The van der Waals surface area contributed by atoms with E-state index >= 15 is 0 Å². The lowest BCUT2D eigenvalue weighted by Gasteiger charge is -2.74. The Morgan fingerprint density at radius 2 is 2.06 bits per heavy atom. The molecule has 3 N–H and O–H groups in total. The quantitative estimate of drug-likeness (QED) is 0.534. The average Bonchev–Trinajstić information content (AvgIpc) is 3.61. The molecule has 1 aromatic rings. The zero-order valence-electron chi connectivity index (χ0n) is 21.3. The Balaban J connectivity index is 1.30. The third kappa shape index (κ3) is 2.77. The molecule has 2 spiro atoms. The summed E-state index contributed by atoms with van der Waals surface area (Å²) in [7, 11) is 1.79. The van der Waals surface area contributed by atoms with Crippen LogP contribution in [0.2, 0.25) is 0 Å². The number of carbonyl (C=O) groups is 2. The molecule has 4 bridgehead atoms. The normalized spacial score (nSPS) is 39.3. The molecule has 3 unspecified atom stereocenters. The van der Waals surface area contributed by atoms with Crippen molar-refractivity contribution in [2.45, 2.75) is 75.0 Å². The number of fused-ring (bicyclic) bond motifs is 2. The summed E-state index contributed by atoms with van der Waals surface area (Å²) < 4.78 is 13.3. The number of rotatable bonds is 7. The highest BCUT2D eigenvalue weighted by atomic mass is 16.6. The first-order chi connectivity index (χ1) is 17.3. The van der Waals surface area contributed by atoms with Gasteiger partial charge in [-0.15, -0.1) is 0 Å². The van der Waals surface area contributed by atoms with Crippen molar-refractivity contribution in [1.29, 1.82) is 0 Å². The maximum Gasteiger partial charge on any atom is 0.239 e. The van der Waals surface area contributed by atoms with Crippen LogP contribution < -0.4 is 15.4 Å². The highest BCUT2D eigenvalue weighted by Gasteiger charge is 2.80. The van der Waals surface area contributed by atoms with Crippen molar-refractivity contribution in [2.24, 2.45) is 17.3 Å². The fourth-order valence-electron chi connectivity index (χ4n) is 9.29. The summed E-state index contributed by atoms with van der Waals surface area (Å²) in [5.41, 5.74) is 1.92. The van der Waals surface area contributed by atoms with Gasteiger partial charge in [0.2, 0.25) is 11.8 Å². The standard InChI is InChI=1S/C28H37N3O5/c1-16(32)29-14-22(34)30-13-19-12-26-7-8-28(19,35-2)25-27(26)9-10-31(15-17-3-4-17)21(26)11-18-5-6-20(33)24(36-25)23(18)27/h5-6,17,19,21,25,33H,3-4,7-15H2,1-2H3,(H,29,32)(H,30,34)/t19?,21-,25?,26-,27+,28?/m1/s1. The molecule has 8 rings (SSSR count). The predicted molar refractivity (Wildman–Crippen MR) is 132 cm³/mol. The molecule has 0 radical (unpaired) electrons. The smallest absolute Gasteiger partial charge is 0.239 e. The number of likely N-dealkylation sites (tertiary alicyclic amines) is 1. The van der Waals surface area contributed by atoms with Crippen LogP contribution in [0.25, 0.3) is 0 Å². The molecule has 5 aliphatic carbocycles. The van der Waals surface area contributed by atoms with Crippen LogP contribution in [0, 0.1) is 17.3 Å². The second kappa shape index (κ2) is 7.60. The van der Waals surface area contributed by atoms with Crippen LogP contribution in [-0.4, -0.2) is 72.9 Å². The second-order valence-corrected chi connectivity index (χ2v) is 12.3. The summed E-state index contributed by atoms with van der Waals surface area (Å²) in [6.45, 7) is 4.14. The fraction of sp³-hybridized carbons (Fsp3) is 0.714. The fourth-order valence-corrected chi connectivity index (χ4v) is 9.29. The van der Waals surface area contributed by atoms with Gasteiger partial charge in [-0.25, -0.2) is 0 Å². The summed E-state index contributed by atoms with van der Waals surface area (Å²) in [5, 5.41) is 16.6. The molecule has 1 aromatic carbocycles. The van der Waals surface area contributed by atoms with E-state index in [2.05, 4.69) is 21.6 Å². The number of piperidine rings is 1. The number of hydrogen-bond acceptors (Lipinski definition) is 6. The second-order valence-electron chi connectivity index (χ2n) is 12.3. The highest BCUT2D eigenvalue weighted by molar-refractivity contribution is 5.83. The number of carbonyl (C=O) groups excluding carboxylic acids is 2. The molecule has 2 heterocycles. The van der Waals surface area contributed by atoms with Crippen molar-refractivity contribution >= 4 is 11.8 Å². The van der Waals surface area contributed by atoms with E-state index in [0.717, 1.165) is 44.6 Å². The SMILES string of the molecule is COC12CC[C@@]3(CC1CNC(=O)CNC(C)=O)[C@H]1Cc4ccc(O)c5c4[C@@]3(CCN1CC1CC1)C2O5. The first-order valence-electron chi connectivity index (χ1n) is 13.7. The largest absolute Gasteiger partial charge is 0.504 e. The van der Waals surface area contributed by atoms with E-state index in [4.69, 9.17) is 9.47 Å². The molecule has 2 amide bonds. The molecule has 2 aliphatic heterocycles. The Kier molecular flexibility index (Phi) is 4.82. The van der Waals surface area contributed by atoms with Gasteiger partial charge in [0.15, 0.2) is 11.5 Å². The first-order valence-corrected chi connectivity index (χ1v) is 13.7. The van der Waals surface area contributed by atoms with E-state index in [1.807, 2.05) is 6.07 Å². The monoisotopic (exact) mass is 495 g/mol. The van der Waals surface area contributed by atoms with Crippen LogP contribution >= 0.6 is 0 Å². The highest BCUT2D eigenvalue weighted by Crippen LogP contribution is 2.76. The van der Waals surface area contributed by atoms with Gasteiger partial charge in [-0.3, -0.25) is 14.5 Å². The van der Waals surface area contributed by atoms with E-state index in [9.17, 15) is 14.7 Å². The van der Waals surface area contributed by atoms with Gasteiger partial charge in [0, 0.05) is 55.5 Å². The molecular weight excluding hydrogens is 458 g/mol. The van der Waals surface area contributed by atoms with Crippen molar-refractivity contribution < 1.29 is 24.2 Å². The molecule has 8 heteroatoms. The van der Waals surface area contributed by atoms with Gasteiger partial charge < -0.3 is 25.2 Å². The van der Waals surface area contributed by atoms with Crippen molar-refractivity contribution in [2.75, 3.05) is 33.3 Å². The molecule has 194 valence electrons. The molecule has 6 atom stereocenters. The van der Waals surface area contributed by atoms with Crippen LogP contribution in [0.15, 0.2) is 12.1 Å². The number of nitrogens with zero attached hydrogens (tertiary/aromatic N) is 1. The number of nitrogens with one attached hydrogen (secondary N) is 2. The number of phenols is 1. The molecule has 1 saturated heterocycles. The van der Waals surface area contributed by atoms with Crippen LogP contribution in [0.5, 0.6) is 11.5 Å². The number of hydrogen-bond donors (Lipinski definition) is 3. The van der Waals surface area contributed by atoms with Crippen molar-refractivity contribution in [3.63, 3.8) is 0 Å². The molecule has 0 aromatic heterocycles. The average molecular weight is 496 g/mol. The van der Waals surface area contributed by atoms with Gasteiger partial charge in [0.1, 0.15) is 11.7 Å². The molecule has 36 heavy (non-hydrogen) atoms. The van der Waals surface area contributed by atoms with Gasteiger partial charge in [0.05, 0.1) is 6.54 Å². The van der Waals surface area contributed by atoms with Crippen LogP contribution in [-0.2, 0) is 26.2 Å². The Morgan fingerprint density at radius 1 is 1.22 bits per heavy atom. The van der Waals surface area contributed by atoms with Gasteiger partial charge >= 0.3 is 0 Å². The summed E-state index contributed by atoms with van der Waals surface area (Å²) in [6, 6.07) is 4.37. The number of aromatic hydroxyl groups is 1. The molecule has 4 saturated carbocycles. The molecule has 5 fully saturated rings. The Bertz CT molecular complexity index is 1140. The van der Waals surface area contributed by atoms with Gasteiger partial charge in [-0.1, -0.05) is 6.07 Å². The topological polar surface area (TPSA) is 100 Å². The maximum atomic E-state index is 12.5. The number of ether oxygens (including phenoxy) is 2. The Hall–Kier alpha value is -2.32. The van der Waals surface area contributed by atoms with Gasteiger partial charge in [-0.2, -0.15) is 0 Å². The van der Waals surface area contributed by atoms with E-state index in [0.29, 0.717) is 18.3 Å². The minimum atomic E-state index is -0.535. The first kappa shape index (κ1) is 22.8. The number of phenolic OH excluding ortho intramolecular Hbond substituents is 1. The zero-order valence-corrected chi connectivity index (χ0v) is 21.3. The van der Waals surface area contributed by atoms with Crippen molar-refractivity contribution in [1.82, 2.24) is 15.5 Å². The molecule has 7 aliphatic rings. The van der Waals surface area contributed by atoms with E-state index in [1.54, 1.807) is 7.11 Å². The van der Waals surface area contributed by atoms with Crippen LogP contribution in [0.1, 0.15) is 56.6 Å². The molecule has 8 nitrogen and oxygen atoms in total. The van der Waals surface area contributed by atoms with E-state index in [-0.39, 0.29) is 47.0 Å². The zero-order chi connectivity index (χ0) is 24.9. The lowest BCUT2D eigenvalue weighted by atomic mass is 9.35. The lowest BCUT2D eigenvalue weighted by Crippen LogP contribution is -2.81. The van der Waals surface area contributed by atoms with Crippen molar-refractivity contribution in [3.8, 4) is 11.5 Å². The predicted octanol–water partition coefficient (Wildman–Crippen LogP) is 1.87. The number of amides is 2. The number of methoxy groups -OCH3 is 1. The summed E-state index contributed by atoms with van der Waals surface area (Å²) in [4.78, 5) is 26.6. The third-order valence-corrected chi connectivity index (χ3v) is 10.8. The number of benzene rings is 1. The van der Waals surface area contributed by atoms with E-state index < -0.39 is 5.60 Å². The molecular formula is C28H37N3O5. The van der Waals surface area contributed by atoms with Crippen molar-refractivity contribution in [3.05, 3.63) is 23.3 Å². The van der Waals surface area contributed by atoms with E-state index in [1.165, 1.54) is 37.4 Å². The van der Waals surface area contributed by atoms with Crippen LogP contribution in [0.3, 0.4) is 0 Å². The summed E-state index contributed by atoms with van der Waals surface area (Å²) in [6.07, 6.45) is 7.47. The minimum absolute atomic E-state index is 0.0164. The van der Waals surface area contributed by atoms with Gasteiger partial charge in [0.25, 0.3) is 0 Å². The summed E-state index contributed by atoms with van der Waals surface area (Å²) >= 11 is 0. The minimum Gasteiger partial charge on any atom is -0.504 e. The Labute approximate surface area is 212 Å². The lowest BCUT2D eigenvalue weighted by molar-refractivity contribution is -0.276. The van der Waals surface area contributed by atoms with Gasteiger partial charge in [-0.05, 0) is 69.0 Å². The van der Waals surface area contributed by atoms with Crippen LogP contribution in [0.4, 0.5) is 0 Å². The summed E-state index contributed by atoms with van der Waals surface area (Å²) in [5.74, 6) is 1.44. The third-order valence-electron chi connectivity index (χ3n) is 10.8. The maximum absolute atomic E-state index is 12.5.